The van der Waals surface area contributed by atoms with Gasteiger partial charge in [0.25, 0.3) is 0 Å². The van der Waals surface area contributed by atoms with Gasteiger partial charge in [0.2, 0.25) is 0 Å². The summed E-state index contributed by atoms with van der Waals surface area (Å²) in [5.74, 6) is 0.304. The predicted molar refractivity (Wildman–Crippen MR) is 121 cm³/mol. The summed E-state index contributed by atoms with van der Waals surface area (Å²) in [6.45, 7) is 7.29. The van der Waals surface area contributed by atoms with Crippen LogP contribution in [0.1, 0.15) is 25.8 Å². The number of hydrogen-bond acceptors (Lipinski definition) is 4. The largest absolute Gasteiger partial charge is 0.507 e. The number of phenols is 1. The molecule has 6 heteroatoms. The zero-order chi connectivity index (χ0) is 21.7. The third kappa shape index (κ3) is 5.71. The molecule has 0 amide bonds. The number of phenolic OH excluding ortho intramolecular Hbond substituents is 1. The van der Waals surface area contributed by atoms with E-state index in [0.717, 1.165) is 17.5 Å². The Morgan fingerprint density at radius 3 is 2.63 bits per heavy atom. The van der Waals surface area contributed by atoms with Crippen molar-refractivity contribution in [2.45, 2.75) is 33.3 Å². The van der Waals surface area contributed by atoms with E-state index in [1.807, 2.05) is 45.0 Å². The number of ether oxygens (including phenoxy) is 1. The second kappa shape index (κ2) is 9.92. The molecule has 0 radical (unpaired) electrons. The second-order valence-corrected chi connectivity index (χ2v) is 7.88. The molecule has 0 spiro atoms. The van der Waals surface area contributed by atoms with Gasteiger partial charge >= 0.3 is 0 Å². The molecule has 30 heavy (non-hydrogen) atoms. The highest BCUT2D eigenvalue weighted by Crippen LogP contribution is 2.34. The Kier molecular flexibility index (Phi) is 7.29. The van der Waals surface area contributed by atoms with Crippen molar-refractivity contribution in [3.63, 3.8) is 0 Å². The number of aromatic nitrogens is 1. The Balaban J connectivity index is 1.95. The summed E-state index contributed by atoms with van der Waals surface area (Å²) < 4.78 is 19.6. The SMILES string of the molecule is Cc1ccc(O)c(-c2cc(-c3ccc(Cl)c(F)c3)cc(NCCCOC(C)C)n2)c1. The molecule has 0 bridgehead atoms. The number of benzene rings is 2. The molecule has 2 N–H and O–H groups in total. The number of halogens is 2. The van der Waals surface area contributed by atoms with Crippen LogP contribution >= 0.6 is 11.6 Å². The molecule has 0 aliphatic heterocycles. The molecule has 1 heterocycles. The van der Waals surface area contributed by atoms with Crippen molar-refractivity contribution < 1.29 is 14.2 Å². The van der Waals surface area contributed by atoms with Crippen molar-refractivity contribution in [2.75, 3.05) is 18.5 Å². The van der Waals surface area contributed by atoms with E-state index in [1.54, 1.807) is 12.1 Å². The summed E-state index contributed by atoms with van der Waals surface area (Å²) in [6.07, 6.45) is 1.02. The molecule has 0 fully saturated rings. The van der Waals surface area contributed by atoms with Crippen molar-refractivity contribution >= 4 is 17.4 Å². The van der Waals surface area contributed by atoms with Crippen LogP contribution in [0.25, 0.3) is 22.4 Å². The third-order valence-corrected chi connectivity index (χ3v) is 4.89. The summed E-state index contributed by atoms with van der Waals surface area (Å²) >= 11 is 5.84. The summed E-state index contributed by atoms with van der Waals surface area (Å²) in [5.41, 5.74) is 3.69. The number of anilines is 1. The standard InChI is InChI=1S/C24H26ClFN2O2/c1-15(2)30-10-4-9-27-24-14-18(17-6-7-20(25)21(26)12-17)13-22(28-24)19-11-16(3)5-8-23(19)29/h5-8,11-15,29H,4,9-10H2,1-3H3,(H,27,28). The fraction of sp³-hybridized carbons (Fsp3) is 0.292. The second-order valence-electron chi connectivity index (χ2n) is 7.48. The maximum atomic E-state index is 14.0. The fourth-order valence-electron chi connectivity index (χ4n) is 3.06. The van der Waals surface area contributed by atoms with Gasteiger partial charge in [-0.15, -0.1) is 0 Å². The Morgan fingerprint density at radius 2 is 1.90 bits per heavy atom. The average Bonchev–Trinajstić information content (AvgIpc) is 2.71. The zero-order valence-electron chi connectivity index (χ0n) is 17.4. The van der Waals surface area contributed by atoms with Crippen LogP contribution in [-0.4, -0.2) is 29.3 Å². The van der Waals surface area contributed by atoms with Gasteiger partial charge in [-0.25, -0.2) is 9.37 Å². The van der Waals surface area contributed by atoms with Gasteiger partial charge in [-0.05, 0) is 74.7 Å². The average molecular weight is 429 g/mol. The van der Waals surface area contributed by atoms with Crippen LogP contribution in [0.2, 0.25) is 5.02 Å². The van der Waals surface area contributed by atoms with Crippen molar-refractivity contribution in [1.82, 2.24) is 4.98 Å². The number of nitrogens with zero attached hydrogens (tertiary/aromatic N) is 1. The highest BCUT2D eigenvalue weighted by atomic mass is 35.5. The number of hydrogen-bond donors (Lipinski definition) is 2. The quantitative estimate of drug-likeness (QED) is 0.405. The molecule has 0 unspecified atom stereocenters. The molecule has 2 aromatic carbocycles. The first-order valence-electron chi connectivity index (χ1n) is 9.96. The van der Waals surface area contributed by atoms with Crippen LogP contribution in [0.4, 0.5) is 10.2 Å². The molecule has 0 saturated heterocycles. The third-order valence-electron chi connectivity index (χ3n) is 4.58. The monoisotopic (exact) mass is 428 g/mol. The number of aryl methyl sites for hydroxylation is 1. The molecule has 1 aromatic heterocycles. The lowest BCUT2D eigenvalue weighted by molar-refractivity contribution is 0.0787. The van der Waals surface area contributed by atoms with Crippen LogP contribution in [0.3, 0.4) is 0 Å². The first-order chi connectivity index (χ1) is 14.3. The molecular weight excluding hydrogens is 403 g/mol. The molecular formula is C24H26ClFN2O2. The van der Waals surface area contributed by atoms with Gasteiger partial charge in [-0.1, -0.05) is 29.3 Å². The van der Waals surface area contributed by atoms with Crippen molar-refractivity contribution in [3.05, 3.63) is 64.9 Å². The number of aromatic hydroxyl groups is 1. The van der Waals surface area contributed by atoms with E-state index >= 15 is 0 Å². The van der Waals surface area contributed by atoms with Gasteiger partial charge in [0.05, 0.1) is 16.8 Å². The minimum absolute atomic E-state index is 0.0767. The lowest BCUT2D eigenvalue weighted by atomic mass is 10.0. The van der Waals surface area contributed by atoms with Crippen LogP contribution < -0.4 is 5.32 Å². The maximum Gasteiger partial charge on any atom is 0.142 e. The van der Waals surface area contributed by atoms with Crippen molar-refractivity contribution in [2.24, 2.45) is 0 Å². The van der Waals surface area contributed by atoms with Crippen LogP contribution in [0.15, 0.2) is 48.5 Å². The predicted octanol–water partition coefficient (Wildman–Crippen LogP) is 6.45. The van der Waals surface area contributed by atoms with Crippen molar-refractivity contribution in [1.29, 1.82) is 0 Å². The maximum absolute atomic E-state index is 14.0. The van der Waals surface area contributed by atoms with Crippen LogP contribution in [0.5, 0.6) is 5.75 Å². The van der Waals surface area contributed by atoms with Gasteiger partial charge in [0.15, 0.2) is 0 Å². The topological polar surface area (TPSA) is 54.4 Å². The van der Waals surface area contributed by atoms with Crippen molar-refractivity contribution in [3.8, 4) is 28.1 Å². The molecule has 3 rings (SSSR count). The first kappa shape index (κ1) is 22.1. The van der Waals surface area contributed by atoms with Gasteiger partial charge in [0.1, 0.15) is 17.4 Å². The normalized spacial score (nSPS) is 11.1. The summed E-state index contributed by atoms with van der Waals surface area (Å²) in [5, 5.41) is 13.7. The number of pyridine rings is 1. The van der Waals surface area contributed by atoms with Gasteiger partial charge in [-0.3, -0.25) is 0 Å². The Labute approximate surface area is 181 Å². The highest BCUT2D eigenvalue weighted by Gasteiger charge is 2.12. The van der Waals surface area contributed by atoms with Crippen LogP contribution in [0, 0.1) is 12.7 Å². The zero-order valence-corrected chi connectivity index (χ0v) is 18.1. The molecule has 0 aliphatic rings. The fourth-order valence-corrected chi connectivity index (χ4v) is 3.18. The van der Waals surface area contributed by atoms with E-state index in [4.69, 9.17) is 16.3 Å². The summed E-state index contributed by atoms with van der Waals surface area (Å²) in [7, 11) is 0. The first-order valence-corrected chi connectivity index (χ1v) is 10.3. The van der Waals surface area contributed by atoms with Gasteiger partial charge in [-0.2, -0.15) is 0 Å². The lowest BCUT2D eigenvalue weighted by Gasteiger charge is -2.13. The Bertz CT molecular complexity index is 1020. The van der Waals surface area contributed by atoms with Gasteiger partial charge < -0.3 is 15.2 Å². The lowest BCUT2D eigenvalue weighted by Crippen LogP contribution is -2.10. The molecule has 3 aromatic rings. The molecule has 4 nitrogen and oxygen atoms in total. The van der Waals surface area contributed by atoms with Gasteiger partial charge in [0, 0.05) is 18.7 Å². The minimum Gasteiger partial charge on any atom is -0.507 e. The number of nitrogens with one attached hydrogen (secondary N) is 1. The van der Waals surface area contributed by atoms with E-state index in [2.05, 4.69) is 10.3 Å². The summed E-state index contributed by atoms with van der Waals surface area (Å²) in [4.78, 5) is 4.67. The molecule has 0 aliphatic carbocycles. The van der Waals surface area contributed by atoms with E-state index < -0.39 is 5.82 Å². The van der Waals surface area contributed by atoms with Crippen LogP contribution in [-0.2, 0) is 4.74 Å². The molecule has 0 atom stereocenters. The Morgan fingerprint density at radius 1 is 1.10 bits per heavy atom. The van der Waals surface area contributed by atoms with E-state index in [9.17, 15) is 9.50 Å². The van der Waals surface area contributed by atoms with E-state index in [1.165, 1.54) is 12.1 Å². The minimum atomic E-state index is -0.480. The smallest absolute Gasteiger partial charge is 0.142 e. The van der Waals surface area contributed by atoms with E-state index in [0.29, 0.717) is 35.8 Å². The molecule has 158 valence electrons. The number of rotatable bonds is 8. The summed E-state index contributed by atoms with van der Waals surface area (Å²) in [6, 6.07) is 13.8. The Hall–Kier alpha value is -2.63. The molecule has 0 saturated carbocycles. The van der Waals surface area contributed by atoms with E-state index in [-0.39, 0.29) is 16.9 Å². The highest BCUT2D eigenvalue weighted by molar-refractivity contribution is 6.30.